The molecular formula is C19H20Cl2N2OS. The lowest BCUT2D eigenvalue weighted by Crippen LogP contribution is -2.51. The van der Waals surface area contributed by atoms with Crippen LogP contribution in [-0.2, 0) is 11.2 Å². The number of halogens is 2. The number of hydrogen-bond acceptors (Lipinski definition) is 3. The van der Waals surface area contributed by atoms with Crippen LogP contribution in [0.4, 0.5) is 0 Å². The molecule has 2 aliphatic heterocycles. The van der Waals surface area contributed by atoms with Crippen molar-refractivity contribution >= 4 is 41.7 Å². The largest absolute Gasteiger partial charge is 0.332 e. The second-order valence-corrected chi connectivity index (χ2v) is 7.84. The zero-order valence-electron chi connectivity index (χ0n) is 13.7. The molecule has 0 aliphatic carbocycles. The van der Waals surface area contributed by atoms with Crippen molar-refractivity contribution in [2.24, 2.45) is 0 Å². The first-order valence-electron chi connectivity index (χ1n) is 8.24. The summed E-state index contributed by atoms with van der Waals surface area (Å²) in [6.07, 6.45) is 0.818. The molecule has 2 atom stereocenters. The van der Waals surface area contributed by atoms with E-state index in [0.29, 0.717) is 0 Å². The molecule has 132 valence electrons. The average Bonchev–Trinajstić information content (AvgIpc) is 3.06. The van der Waals surface area contributed by atoms with E-state index in [9.17, 15) is 4.79 Å². The van der Waals surface area contributed by atoms with Gasteiger partial charge in [0.15, 0.2) is 0 Å². The summed E-state index contributed by atoms with van der Waals surface area (Å²) in [6.45, 7) is 2.30. The molecule has 0 bridgehead atoms. The highest BCUT2D eigenvalue weighted by Gasteiger charge is 2.36. The minimum absolute atomic E-state index is 0. The summed E-state index contributed by atoms with van der Waals surface area (Å²) >= 11 is 8.08. The quantitative estimate of drug-likeness (QED) is 0.836. The molecule has 0 aromatic heterocycles. The Labute approximate surface area is 163 Å². The van der Waals surface area contributed by atoms with Crippen molar-refractivity contribution in [1.82, 2.24) is 10.2 Å². The molecule has 0 spiro atoms. The van der Waals surface area contributed by atoms with Crippen LogP contribution in [0.2, 0.25) is 5.02 Å². The molecule has 2 aromatic rings. The van der Waals surface area contributed by atoms with Gasteiger partial charge in [0.2, 0.25) is 5.91 Å². The van der Waals surface area contributed by atoms with Crippen molar-refractivity contribution in [3.05, 3.63) is 64.7 Å². The number of nitrogens with one attached hydrogen (secondary N) is 1. The Morgan fingerprint density at radius 3 is 2.72 bits per heavy atom. The van der Waals surface area contributed by atoms with Crippen molar-refractivity contribution < 1.29 is 4.79 Å². The normalized spacial score (nSPS) is 22.2. The van der Waals surface area contributed by atoms with Crippen LogP contribution in [0, 0.1) is 0 Å². The molecule has 4 rings (SSSR count). The van der Waals surface area contributed by atoms with Gasteiger partial charge in [0.25, 0.3) is 0 Å². The molecule has 3 nitrogen and oxygen atoms in total. The van der Waals surface area contributed by atoms with Crippen molar-refractivity contribution in [1.29, 1.82) is 0 Å². The molecule has 25 heavy (non-hydrogen) atoms. The number of piperazine rings is 1. The van der Waals surface area contributed by atoms with E-state index in [4.69, 9.17) is 11.6 Å². The molecule has 2 heterocycles. The molecule has 1 fully saturated rings. The predicted octanol–water partition coefficient (Wildman–Crippen LogP) is 3.95. The molecule has 1 amide bonds. The first kappa shape index (κ1) is 18.6. The maximum absolute atomic E-state index is 13.2. The van der Waals surface area contributed by atoms with Gasteiger partial charge in [-0.1, -0.05) is 48.0 Å². The standard InChI is InChI=1S/C19H19ClN2OS.ClH/c20-15-7-3-2-6-14(15)16-12-21-9-10-22(16)19(23)18-11-13-5-1-4-8-17(13)24-18;/h1-8,16,18,21H,9-12H2;1H. The Hall–Kier alpha value is -1.20. The van der Waals surface area contributed by atoms with E-state index in [1.165, 1.54) is 10.5 Å². The lowest BCUT2D eigenvalue weighted by atomic mass is 10.0. The fraction of sp³-hybridized carbons (Fsp3) is 0.316. The Kier molecular flexibility index (Phi) is 5.95. The molecule has 0 radical (unpaired) electrons. The third kappa shape index (κ3) is 3.68. The second-order valence-electron chi connectivity index (χ2n) is 6.19. The van der Waals surface area contributed by atoms with Crippen LogP contribution in [-0.4, -0.2) is 35.7 Å². The van der Waals surface area contributed by atoms with E-state index in [0.717, 1.165) is 36.6 Å². The smallest absolute Gasteiger partial charge is 0.237 e. The molecule has 1 saturated heterocycles. The minimum Gasteiger partial charge on any atom is -0.332 e. The molecule has 1 N–H and O–H groups in total. The summed E-state index contributed by atoms with van der Waals surface area (Å²) < 4.78 is 0. The highest BCUT2D eigenvalue weighted by Crippen LogP contribution is 2.39. The van der Waals surface area contributed by atoms with Gasteiger partial charge in [-0.25, -0.2) is 0 Å². The molecule has 2 unspecified atom stereocenters. The van der Waals surface area contributed by atoms with Crippen molar-refractivity contribution in [2.75, 3.05) is 19.6 Å². The zero-order chi connectivity index (χ0) is 16.5. The molecule has 6 heteroatoms. The monoisotopic (exact) mass is 394 g/mol. The van der Waals surface area contributed by atoms with Gasteiger partial charge in [-0.2, -0.15) is 0 Å². The van der Waals surface area contributed by atoms with Gasteiger partial charge in [-0.3, -0.25) is 4.79 Å². The van der Waals surface area contributed by atoms with Gasteiger partial charge >= 0.3 is 0 Å². The van der Waals surface area contributed by atoms with E-state index >= 15 is 0 Å². The van der Waals surface area contributed by atoms with Gasteiger partial charge in [-0.15, -0.1) is 24.2 Å². The highest BCUT2D eigenvalue weighted by molar-refractivity contribution is 8.01. The molecular weight excluding hydrogens is 375 g/mol. The minimum atomic E-state index is -0.0227. The summed E-state index contributed by atoms with van der Waals surface area (Å²) in [4.78, 5) is 16.4. The van der Waals surface area contributed by atoms with Gasteiger partial charge in [0.1, 0.15) is 0 Å². The van der Waals surface area contributed by atoms with Crippen LogP contribution in [0.1, 0.15) is 17.2 Å². The maximum Gasteiger partial charge on any atom is 0.237 e. The molecule has 2 aromatic carbocycles. The third-order valence-corrected chi connectivity index (χ3v) is 6.36. The summed E-state index contributed by atoms with van der Waals surface area (Å²) in [7, 11) is 0. The summed E-state index contributed by atoms with van der Waals surface area (Å²) in [5.74, 6) is 0.225. The number of rotatable bonds is 2. The number of benzene rings is 2. The zero-order valence-corrected chi connectivity index (χ0v) is 16.0. The van der Waals surface area contributed by atoms with Crippen molar-refractivity contribution in [2.45, 2.75) is 22.6 Å². The second kappa shape index (κ2) is 8.00. The van der Waals surface area contributed by atoms with Gasteiger partial charge in [0, 0.05) is 29.6 Å². The Morgan fingerprint density at radius 2 is 1.92 bits per heavy atom. The predicted molar refractivity (Wildman–Crippen MR) is 106 cm³/mol. The number of hydrogen-bond donors (Lipinski definition) is 1. The lowest BCUT2D eigenvalue weighted by molar-refractivity contribution is -0.133. The number of amides is 1. The van der Waals surface area contributed by atoms with Gasteiger partial charge in [0.05, 0.1) is 11.3 Å². The first-order valence-corrected chi connectivity index (χ1v) is 9.50. The van der Waals surface area contributed by atoms with Gasteiger partial charge in [-0.05, 0) is 29.7 Å². The summed E-state index contributed by atoms with van der Waals surface area (Å²) in [5.41, 5.74) is 2.31. The summed E-state index contributed by atoms with van der Waals surface area (Å²) in [5, 5.41) is 4.10. The number of thioether (sulfide) groups is 1. The highest BCUT2D eigenvalue weighted by atomic mass is 35.5. The van der Waals surface area contributed by atoms with Crippen LogP contribution in [0.15, 0.2) is 53.4 Å². The topological polar surface area (TPSA) is 32.3 Å². The molecule has 2 aliphatic rings. The van der Waals surface area contributed by atoms with E-state index in [2.05, 4.69) is 17.4 Å². The van der Waals surface area contributed by atoms with Crippen LogP contribution in [0.3, 0.4) is 0 Å². The van der Waals surface area contributed by atoms with E-state index < -0.39 is 0 Å². The van der Waals surface area contributed by atoms with Crippen LogP contribution in [0.25, 0.3) is 0 Å². The number of fused-ring (bicyclic) bond motifs is 1. The summed E-state index contributed by atoms with van der Waals surface area (Å²) in [6, 6.07) is 16.2. The van der Waals surface area contributed by atoms with Crippen molar-refractivity contribution in [3.63, 3.8) is 0 Å². The van der Waals surface area contributed by atoms with E-state index in [-0.39, 0.29) is 29.6 Å². The Bertz CT molecular complexity index is 746. The Morgan fingerprint density at radius 1 is 1.16 bits per heavy atom. The van der Waals surface area contributed by atoms with Crippen LogP contribution < -0.4 is 5.32 Å². The lowest BCUT2D eigenvalue weighted by Gasteiger charge is -2.38. The molecule has 0 saturated carbocycles. The maximum atomic E-state index is 13.2. The van der Waals surface area contributed by atoms with E-state index in [1.807, 2.05) is 41.3 Å². The number of nitrogens with zero attached hydrogens (tertiary/aromatic N) is 1. The van der Waals surface area contributed by atoms with Crippen LogP contribution in [0.5, 0.6) is 0 Å². The third-order valence-electron chi connectivity index (χ3n) is 4.71. The Balaban J connectivity index is 0.00000182. The fourth-order valence-corrected chi connectivity index (χ4v) is 5.02. The van der Waals surface area contributed by atoms with Crippen LogP contribution >= 0.6 is 35.8 Å². The SMILES string of the molecule is Cl.O=C(C1Cc2ccccc2S1)N1CCNCC1c1ccccc1Cl. The number of carbonyl (C=O) groups is 1. The average molecular weight is 395 g/mol. The first-order chi connectivity index (χ1) is 11.7. The van der Waals surface area contributed by atoms with Gasteiger partial charge < -0.3 is 10.2 Å². The number of carbonyl (C=O) groups excluding carboxylic acids is 1. The fourth-order valence-electron chi connectivity index (χ4n) is 3.50. The van der Waals surface area contributed by atoms with Crippen molar-refractivity contribution in [3.8, 4) is 0 Å². The van der Waals surface area contributed by atoms with E-state index in [1.54, 1.807) is 11.8 Å².